The monoisotopic (exact) mass is 324 g/mol. The molecule has 1 heterocycles. The largest absolute Gasteiger partial charge is 0.511 e. The number of benzene rings is 1. The van der Waals surface area contributed by atoms with Crippen LogP contribution in [0.3, 0.4) is 0 Å². The summed E-state index contributed by atoms with van der Waals surface area (Å²) in [7, 11) is 0. The minimum atomic E-state index is 0.00854. The van der Waals surface area contributed by atoms with Crippen LogP contribution in [0.25, 0.3) is 0 Å². The highest BCUT2D eigenvalue weighted by Gasteiger charge is 2.37. The first-order chi connectivity index (χ1) is 11.6. The second-order valence-corrected chi connectivity index (χ2v) is 7.34. The van der Waals surface area contributed by atoms with Gasteiger partial charge in [-0.2, -0.15) is 0 Å². The van der Waals surface area contributed by atoms with Crippen molar-refractivity contribution in [3.63, 3.8) is 0 Å². The molecular weight excluding hydrogens is 300 g/mol. The van der Waals surface area contributed by atoms with Crippen molar-refractivity contribution < 1.29 is 9.90 Å². The average Bonchev–Trinajstić information content (AvgIpc) is 2.98. The second-order valence-electron chi connectivity index (χ2n) is 7.34. The second kappa shape index (κ2) is 6.08. The first-order valence-electron chi connectivity index (χ1n) is 8.98. The van der Waals surface area contributed by atoms with Crippen LogP contribution in [0.4, 0.5) is 0 Å². The maximum absolute atomic E-state index is 12.7. The Morgan fingerprint density at radius 1 is 1.12 bits per heavy atom. The Morgan fingerprint density at radius 2 is 1.88 bits per heavy atom. The lowest BCUT2D eigenvalue weighted by Crippen LogP contribution is -2.39. The van der Waals surface area contributed by atoms with Crippen molar-refractivity contribution in [1.82, 2.24) is 5.32 Å². The fourth-order valence-corrected chi connectivity index (χ4v) is 4.19. The number of aliphatic hydroxyl groups excluding tert-OH is 1. The molecule has 2 N–H and O–H groups in total. The molecule has 4 heteroatoms. The minimum absolute atomic E-state index is 0.00854. The van der Waals surface area contributed by atoms with E-state index in [2.05, 4.69) is 36.5 Å². The molecule has 1 fully saturated rings. The van der Waals surface area contributed by atoms with Crippen LogP contribution in [0, 0.1) is 6.92 Å². The van der Waals surface area contributed by atoms with Gasteiger partial charge in [0.25, 0.3) is 0 Å². The third-order valence-corrected chi connectivity index (χ3v) is 5.57. The van der Waals surface area contributed by atoms with Crippen molar-refractivity contribution in [3.05, 3.63) is 46.7 Å². The average molecular weight is 324 g/mol. The van der Waals surface area contributed by atoms with E-state index < -0.39 is 0 Å². The van der Waals surface area contributed by atoms with E-state index in [1.54, 1.807) is 0 Å². The highest BCUT2D eigenvalue weighted by molar-refractivity contribution is 6.23. The Hall–Kier alpha value is -2.10. The van der Waals surface area contributed by atoms with Crippen LogP contribution in [0.5, 0.6) is 0 Å². The number of rotatable bonds is 2. The molecule has 2 aliphatic carbocycles. The predicted octanol–water partition coefficient (Wildman–Crippen LogP) is 3.57. The number of allylic oxidation sites excluding steroid dienone is 1. The molecule has 4 rings (SSSR count). The van der Waals surface area contributed by atoms with Crippen LogP contribution in [-0.2, 0) is 4.79 Å². The van der Waals surface area contributed by atoms with E-state index in [-0.39, 0.29) is 23.5 Å². The first-order valence-corrected chi connectivity index (χ1v) is 8.98. The number of hydrogen-bond acceptors (Lipinski definition) is 4. The maximum Gasteiger partial charge on any atom is 0.170 e. The van der Waals surface area contributed by atoms with Crippen LogP contribution in [-0.4, -0.2) is 28.8 Å². The van der Waals surface area contributed by atoms with Gasteiger partial charge in [0.05, 0.1) is 11.6 Å². The molecule has 0 amide bonds. The topological polar surface area (TPSA) is 61.7 Å². The number of carbonyl (C=O) groups is 1. The number of nitrogens with zero attached hydrogens (tertiary/aromatic N) is 1. The quantitative estimate of drug-likeness (QED) is 0.874. The summed E-state index contributed by atoms with van der Waals surface area (Å²) in [6.45, 7) is 2.05. The Labute approximate surface area is 142 Å². The van der Waals surface area contributed by atoms with E-state index in [9.17, 15) is 9.90 Å². The molecule has 3 unspecified atom stereocenters. The zero-order chi connectivity index (χ0) is 16.7. The maximum atomic E-state index is 12.7. The molecule has 0 spiro atoms. The third-order valence-electron chi connectivity index (χ3n) is 5.57. The number of carbonyl (C=O) groups excluding carboxylic acids is 1. The summed E-state index contributed by atoms with van der Waals surface area (Å²) in [4.78, 5) is 17.4. The molecule has 1 saturated carbocycles. The zero-order valence-electron chi connectivity index (χ0n) is 14.1. The number of aryl methyl sites for hydroxylation is 1. The van der Waals surface area contributed by atoms with Gasteiger partial charge in [-0.1, -0.05) is 42.7 Å². The van der Waals surface area contributed by atoms with Gasteiger partial charge < -0.3 is 10.4 Å². The molecule has 0 radical (unpaired) electrons. The molecule has 4 nitrogen and oxygen atoms in total. The number of fused-ring (bicyclic) bond motifs is 1. The number of aliphatic hydroxyl groups is 1. The summed E-state index contributed by atoms with van der Waals surface area (Å²) >= 11 is 0. The van der Waals surface area contributed by atoms with Gasteiger partial charge >= 0.3 is 0 Å². The highest BCUT2D eigenvalue weighted by atomic mass is 16.3. The van der Waals surface area contributed by atoms with E-state index in [0.29, 0.717) is 30.3 Å². The summed E-state index contributed by atoms with van der Waals surface area (Å²) in [5.41, 5.74) is 2.76. The summed E-state index contributed by atoms with van der Waals surface area (Å²) in [5, 5.41) is 14.0. The number of hydrogen-bond donors (Lipinski definition) is 2. The van der Waals surface area contributed by atoms with Gasteiger partial charge in [-0.15, -0.1) is 0 Å². The lowest BCUT2D eigenvalue weighted by Gasteiger charge is -2.25. The number of amidine groups is 1. The van der Waals surface area contributed by atoms with Crippen LogP contribution >= 0.6 is 0 Å². The summed E-state index contributed by atoms with van der Waals surface area (Å²) in [5.74, 6) is 0.902. The van der Waals surface area contributed by atoms with E-state index >= 15 is 0 Å². The van der Waals surface area contributed by atoms with Gasteiger partial charge in [-0.25, -0.2) is 0 Å². The van der Waals surface area contributed by atoms with Crippen molar-refractivity contribution in [2.24, 2.45) is 4.99 Å². The van der Waals surface area contributed by atoms with Crippen LogP contribution in [0.2, 0.25) is 0 Å². The van der Waals surface area contributed by atoms with Crippen molar-refractivity contribution in [3.8, 4) is 0 Å². The van der Waals surface area contributed by atoms with Crippen LogP contribution < -0.4 is 5.32 Å². The van der Waals surface area contributed by atoms with E-state index in [0.717, 1.165) is 18.4 Å². The smallest absolute Gasteiger partial charge is 0.170 e. The van der Waals surface area contributed by atoms with E-state index in [4.69, 9.17) is 4.99 Å². The molecule has 126 valence electrons. The van der Waals surface area contributed by atoms with Crippen molar-refractivity contribution in [1.29, 1.82) is 0 Å². The van der Waals surface area contributed by atoms with Gasteiger partial charge in [-0.05, 0) is 31.2 Å². The predicted molar refractivity (Wildman–Crippen MR) is 94.4 cm³/mol. The molecule has 3 atom stereocenters. The molecule has 0 aromatic heterocycles. The highest BCUT2D eigenvalue weighted by Crippen LogP contribution is 2.35. The fourth-order valence-electron chi connectivity index (χ4n) is 4.19. The number of aliphatic imine (C=N–C) groups is 1. The number of Topliss-reactive ketones (excluding diaryl/α,β-unsaturated/α-hetero) is 1. The van der Waals surface area contributed by atoms with Crippen LogP contribution in [0.15, 0.2) is 40.6 Å². The van der Waals surface area contributed by atoms with Gasteiger partial charge in [0.1, 0.15) is 11.6 Å². The summed E-state index contributed by atoms with van der Waals surface area (Å²) in [6.07, 6.45) is 5.56. The normalized spacial score (nSPS) is 30.0. The molecule has 1 aromatic rings. The summed E-state index contributed by atoms with van der Waals surface area (Å²) in [6, 6.07) is 8.86. The molecule has 3 aliphatic rings. The number of ketones is 1. The van der Waals surface area contributed by atoms with E-state index in [1.807, 2.05) is 0 Å². The van der Waals surface area contributed by atoms with Crippen molar-refractivity contribution in [2.45, 2.75) is 63.5 Å². The first kappa shape index (κ1) is 15.4. The van der Waals surface area contributed by atoms with Crippen LogP contribution in [0.1, 0.15) is 55.6 Å². The van der Waals surface area contributed by atoms with Gasteiger partial charge in [0, 0.05) is 18.9 Å². The molecular formula is C20H24N2O2. The minimum Gasteiger partial charge on any atom is -0.511 e. The lowest BCUT2D eigenvalue weighted by atomic mass is 9.82. The fraction of sp³-hybridized carbons (Fsp3) is 0.500. The molecule has 1 aromatic carbocycles. The Kier molecular flexibility index (Phi) is 3.91. The van der Waals surface area contributed by atoms with Gasteiger partial charge in [-0.3, -0.25) is 9.79 Å². The summed E-state index contributed by atoms with van der Waals surface area (Å²) < 4.78 is 0. The Balaban J connectivity index is 1.57. The molecule has 0 saturated heterocycles. The molecule has 0 bridgehead atoms. The molecule has 1 aliphatic heterocycles. The van der Waals surface area contributed by atoms with Crippen molar-refractivity contribution >= 4 is 11.6 Å². The lowest BCUT2D eigenvalue weighted by molar-refractivity contribution is -0.116. The SMILES string of the molecule is Cc1ccc(C2CC(=O)C(C3=NC4CCCCC4N3)=C(O)C2)cc1. The molecule has 24 heavy (non-hydrogen) atoms. The van der Waals surface area contributed by atoms with Crippen molar-refractivity contribution in [2.75, 3.05) is 0 Å². The zero-order valence-corrected chi connectivity index (χ0v) is 14.1. The van der Waals surface area contributed by atoms with E-state index in [1.165, 1.54) is 18.4 Å². The van der Waals surface area contributed by atoms with Gasteiger partial charge in [0.15, 0.2) is 5.78 Å². The Morgan fingerprint density at radius 3 is 2.58 bits per heavy atom. The van der Waals surface area contributed by atoms with Gasteiger partial charge in [0.2, 0.25) is 0 Å². The number of nitrogens with one attached hydrogen (secondary N) is 1. The third kappa shape index (κ3) is 2.74. The Bertz CT molecular complexity index is 718. The standard InChI is InChI=1S/C20H24N2O2/c1-12-6-8-13(9-7-12)14-10-17(23)19(18(24)11-14)20-21-15-4-2-3-5-16(15)22-20/h6-9,14-16,23H,2-5,10-11H2,1H3,(H,21,22).